The first-order valence-corrected chi connectivity index (χ1v) is 7.71. The van der Waals surface area contributed by atoms with Crippen LogP contribution >= 0.6 is 11.5 Å². The summed E-state index contributed by atoms with van der Waals surface area (Å²) in [5.74, 6) is 0.00113. The van der Waals surface area contributed by atoms with Crippen molar-refractivity contribution in [1.82, 2.24) is 9.69 Å². The standard InChI is InChI=1S/C13H22N4O2S/c1-8(2)16-11(18)9-10(14)17-20-12(9)15-7-13(19)5-3-4-6-13/h8,15,19H,3-7H2,1-2H3,(H2,14,17)(H,16,18). The molecule has 1 saturated carbocycles. The minimum atomic E-state index is -0.676. The number of hydrogen-bond acceptors (Lipinski definition) is 6. The number of aromatic nitrogens is 1. The van der Waals surface area contributed by atoms with Gasteiger partial charge in [0.25, 0.3) is 5.91 Å². The summed E-state index contributed by atoms with van der Waals surface area (Å²) in [5, 5.41) is 16.9. The number of carbonyl (C=O) groups is 1. The van der Waals surface area contributed by atoms with Crippen LogP contribution in [0.3, 0.4) is 0 Å². The SMILES string of the molecule is CC(C)NC(=O)c1c(N)nsc1NCC1(O)CCCC1. The van der Waals surface area contributed by atoms with Gasteiger partial charge in [-0.1, -0.05) is 12.8 Å². The first kappa shape index (κ1) is 15.1. The lowest BCUT2D eigenvalue weighted by Crippen LogP contribution is -2.34. The largest absolute Gasteiger partial charge is 0.388 e. The molecule has 0 atom stereocenters. The molecule has 0 aromatic carbocycles. The Labute approximate surface area is 122 Å². The van der Waals surface area contributed by atoms with Crippen molar-refractivity contribution >= 4 is 28.3 Å². The predicted molar refractivity (Wildman–Crippen MR) is 81.0 cm³/mol. The summed E-state index contributed by atoms with van der Waals surface area (Å²) < 4.78 is 4.03. The van der Waals surface area contributed by atoms with Crippen molar-refractivity contribution < 1.29 is 9.90 Å². The van der Waals surface area contributed by atoms with Crippen molar-refractivity contribution in [2.24, 2.45) is 0 Å². The van der Waals surface area contributed by atoms with Crippen LogP contribution in [0.2, 0.25) is 0 Å². The molecule has 1 aliphatic rings. The molecule has 1 aromatic heterocycles. The van der Waals surface area contributed by atoms with E-state index in [9.17, 15) is 9.90 Å². The van der Waals surface area contributed by atoms with Crippen molar-refractivity contribution in [2.75, 3.05) is 17.6 Å². The van der Waals surface area contributed by atoms with E-state index in [-0.39, 0.29) is 17.8 Å². The normalized spacial score (nSPS) is 17.4. The monoisotopic (exact) mass is 298 g/mol. The molecule has 0 bridgehead atoms. The molecule has 0 radical (unpaired) electrons. The van der Waals surface area contributed by atoms with Gasteiger partial charge in [-0.2, -0.15) is 4.37 Å². The van der Waals surface area contributed by atoms with Gasteiger partial charge in [-0.3, -0.25) is 4.79 Å². The van der Waals surface area contributed by atoms with Crippen LogP contribution in [-0.4, -0.2) is 33.6 Å². The summed E-state index contributed by atoms with van der Waals surface area (Å²) in [5.41, 5.74) is 5.47. The van der Waals surface area contributed by atoms with Gasteiger partial charge in [-0.15, -0.1) is 0 Å². The molecule has 20 heavy (non-hydrogen) atoms. The van der Waals surface area contributed by atoms with Crippen LogP contribution in [0.15, 0.2) is 0 Å². The number of amides is 1. The smallest absolute Gasteiger partial charge is 0.258 e. The highest BCUT2D eigenvalue weighted by Crippen LogP contribution is 2.32. The van der Waals surface area contributed by atoms with E-state index in [4.69, 9.17) is 5.73 Å². The Balaban J connectivity index is 2.06. The summed E-state index contributed by atoms with van der Waals surface area (Å²) in [6, 6.07) is 0.0358. The zero-order valence-corrected chi connectivity index (χ0v) is 12.7. The number of nitrogens with one attached hydrogen (secondary N) is 2. The fraction of sp³-hybridized carbons (Fsp3) is 0.692. The molecule has 0 aliphatic heterocycles. The van der Waals surface area contributed by atoms with Crippen molar-refractivity contribution in [2.45, 2.75) is 51.2 Å². The third-order valence-corrected chi connectivity index (χ3v) is 4.30. The Hall–Kier alpha value is -1.34. The molecule has 1 amide bonds. The fourth-order valence-electron chi connectivity index (χ4n) is 2.43. The summed E-state index contributed by atoms with van der Waals surface area (Å²) in [4.78, 5) is 12.1. The van der Waals surface area contributed by atoms with Gasteiger partial charge in [-0.05, 0) is 38.2 Å². The number of rotatable bonds is 5. The molecular formula is C13H22N4O2S. The number of nitrogens with two attached hydrogens (primary N) is 1. The summed E-state index contributed by atoms with van der Waals surface area (Å²) >= 11 is 1.16. The van der Waals surface area contributed by atoms with Crippen molar-refractivity contribution in [3.05, 3.63) is 5.56 Å². The van der Waals surface area contributed by atoms with Gasteiger partial charge in [0.15, 0.2) is 5.82 Å². The van der Waals surface area contributed by atoms with Gasteiger partial charge in [0.1, 0.15) is 10.6 Å². The minimum Gasteiger partial charge on any atom is -0.388 e. The first-order valence-electron chi connectivity index (χ1n) is 6.93. The third-order valence-electron chi connectivity index (χ3n) is 3.48. The van der Waals surface area contributed by atoms with E-state index in [1.807, 2.05) is 13.8 Å². The number of aliphatic hydroxyl groups is 1. The van der Waals surface area contributed by atoms with Gasteiger partial charge in [0.05, 0.1) is 5.60 Å². The zero-order valence-electron chi connectivity index (χ0n) is 11.9. The molecule has 1 aromatic rings. The molecule has 112 valence electrons. The Bertz CT molecular complexity index is 481. The first-order chi connectivity index (χ1) is 9.41. The predicted octanol–water partition coefficient (Wildman–Crippen LogP) is 1.58. The average Bonchev–Trinajstić information content (AvgIpc) is 2.93. The fourth-order valence-corrected chi connectivity index (χ4v) is 3.14. The topological polar surface area (TPSA) is 100 Å². The van der Waals surface area contributed by atoms with E-state index >= 15 is 0 Å². The molecule has 1 aliphatic carbocycles. The van der Waals surface area contributed by atoms with E-state index in [1.165, 1.54) is 0 Å². The molecule has 1 heterocycles. The third kappa shape index (κ3) is 3.40. The lowest BCUT2D eigenvalue weighted by molar-refractivity contribution is 0.0614. The minimum absolute atomic E-state index is 0.0358. The molecule has 0 spiro atoms. The second kappa shape index (κ2) is 5.97. The van der Waals surface area contributed by atoms with E-state index in [0.29, 0.717) is 17.1 Å². The van der Waals surface area contributed by atoms with Crippen LogP contribution in [0, 0.1) is 0 Å². The average molecular weight is 298 g/mol. The summed E-state index contributed by atoms with van der Waals surface area (Å²) in [6.07, 6.45) is 3.68. The second-order valence-corrected chi connectivity index (χ2v) is 6.46. The van der Waals surface area contributed by atoms with Crippen LogP contribution in [0.5, 0.6) is 0 Å². The maximum absolute atomic E-state index is 12.1. The number of nitrogens with zero attached hydrogens (tertiary/aromatic N) is 1. The molecule has 0 saturated heterocycles. The Morgan fingerprint density at radius 2 is 2.15 bits per heavy atom. The maximum atomic E-state index is 12.1. The van der Waals surface area contributed by atoms with Gasteiger partial charge in [0, 0.05) is 12.6 Å². The number of carbonyl (C=O) groups excluding carboxylic acids is 1. The maximum Gasteiger partial charge on any atom is 0.258 e. The number of anilines is 2. The Kier molecular flexibility index (Phi) is 4.49. The molecule has 7 heteroatoms. The highest BCUT2D eigenvalue weighted by Gasteiger charge is 2.31. The van der Waals surface area contributed by atoms with Gasteiger partial charge in [-0.25, -0.2) is 0 Å². The van der Waals surface area contributed by atoms with Crippen molar-refractivity contribution in [3.63, 3.8) is 0 Å². The van der Waals surface area contributed by atoms with Crippen LogP contribution in [-0.2, 0) is 0 Å². The van der Waals surface area contributed by atoms with Crippen LogP contribution in [0.4, 0.5) is 10.8 Å². The molecule has 1 fully saturated rings. The van der Waals surface area contributed by atoms with Crippen LogP contribution < -0.4 is 16.4 Å². The second-order valence-electron chi connectivity index (χ2n) is 5.69. The lowest BCUT2D eigenvalue weighted by atomic mass is 10.0. The Morgan fingerprint density at radius 1 is 1.50 bits per heavy atom. The van der Waals surface area contributed by atoms with Crippen molar-refractivity contribution in [1.29, 1.82) is 0 Å². The molecule has 2 rings (SSSR count). The van der Waals surface area contributed by atoms with E-state index in [0.717, 1.165) is 37.2 Å². The lowest BCUT2D eigenvalue weighted by Gasteiger charge is -2.22. The number of nitrogen functional groups attached to an aromatic ring is 1. The van der Waals surface area contributed by atoms with Crippen LogP contribution in [0.1, 0.15) is 49.9 Å². The van der Waals surface area contributed by atoms with E-state index < -0.39 is 5.60 Å². The molecular weight excluding hydrogens is 276 g/mol. The van der Waals surface area contributed by atoms with Crippen LogP contribution in [0.25, 0.3) is 0 Å². The van der Waals surface area contributed by atoms with Crippen molar-refractivity contribution in [3.8, 4) is 0 Å². The zero-order chi connectivity index (χ0) is 14.8. The van der Waals surface area contributed by atoms with Gasteiger partial charge >= 0.3 is 0 Å². The van der Waals surface area contributed by atoms with E-state index in [1.54, 1.807) is 0 Å². The summed E-state index contributed by atoms with van der Waals surface area (Å²) in [6.45, 7) is 4.21. The molecule has 0 unspecified atom stereocenters. The van der Waals surface area contributed by atoms with Gasteiger partial charge < -0.3 is 21.5 Å². The highest BCUT2D eigenvalue weighted by atomic mass is 32.1. The van der Waals surface area contributed by atoms with E-state index in [2.05, 4.69) is 15.0 Å². The summed E-state index contributed by atoms with van der Waals surface area (Å²) in [7, 11) is 0. The quantitative estimate of drug-likeness (QED) is 0.661. The molecule has 6 nitrogen and oxygen atoms in total. The highest BCUT2D eigenvalue weighted by molar-refractivity contribution is 7.11. The van der Waals surface area contributed by atoms with Gasteiger partial charge in [0.2, 0.25) is 0 Å². The number of hydrogen-bond donors (Lipinski definition) is 4. The molecule has 5 N–H and O–H groups in total. The Morgan fingerprint density at radius 3 is 2.75 bits per heavy atom.